The molecule has 1 amide bonds. The van der Waals surface area contributed by atoms with Crippen LogP contribution in [-0.4, -0.2) is 29.1 Å². The molecule has 1 aromatic carbocycles. The predicted molar refractivity (Wildman–Crippen MR) is 67.0 cm³/mol. The average Bonchev–Trinajstić information content (AvgIpc) is 2.81. The van der Waals surface area contributed by atoms with Gasteiger partial charge in [-0.25, -0.2) is 0 Å². The van der Waals surface area contributed by atoms with Crippen molar-refractivity contribution in [2.75, 3.05) is 17.7 Å². The monoisotopic (exact) mass is 237 g/mol. The number of benzene rings is 1. The molecule has 2 rings (SSSR count). The normalized spacial score (nSPS) is 19.7. The molecule has 4 heteroatoms. The van der Waals surface area contributed by atoms with E-state index in [-0.39, 0.29) is 16.9 Å². The maximum Gasteiger partial charge on any atom is 0.239 e. The van der Waals surface area contributed by atoms with Crippen molar-refractivity contribution in [3.63, 3.8) is 0 Å². The van der Waals surface area contributed by atoms with Crippen molar-refractivity contribution in [2.24, 2.45) is 0 Å². The first-order chi connectivity index (χ1) is 7.68. The van der Waals surface area contributed by atoms with E-state index in [4.69, 9.17) is 0 Å². The molecule has 0 saturated carbocycles. The highest BCUT2D eigenvalue weighted by atomic mass is 32.2. The second-order valence-electron chi connectivity index (χ2n) is 3.92. The van der Waals surface area contributed by atoms with Crippen LogP contribution in [0.1, 0.15) is 12.8 Å². The maximum absolute atomic E-state index is 12.1. The second-order valence-corrected chi connectivity index (χ2v) is 5.23. The number of thioether (sulfide) groups is 1. The van der Waals surface area contributed by atoms with Gasteiger partial charge < -0.3 is 10.0 Å². The highest BCUT2D eigenvalue weighted by Crippen LogP contribution is 2.29. The summed E-state index contributed by atoms with van der Waals surface area (Å²) < 4.78 is 0. The SMILES string of the molecule is CN(C(=O)C1CCCS1)c1ccc(O)cc1. The Labute approximate surface area is 99.5 Å². The van der Waals surface area contributed by atoms with Gasteiger partial charge in [0.15, 0.2) is 0 Å². The molecule has 1 fully saturated rings. The number of amides is 1. The molecule has 1 saturated heterocycles. The molecule has 1 unspecified atom stereocenters. The largest absolute Gasteiger partial charge is 0.508 e. The van der Waals surface area contributed by atoms with Gasteiger partial charge in [0.1, 0.15) is 5.75 Å². The molecule has 0 radical (unpaired) electrons. The van der Waals surface area contributed by atoms with E-state index in [1.807, 2.05) is 0 Å². The quantitative estimate of drug-likeness (QED) is 0.857. The number of carbonyl (C=O) groups excluding carboxylic acids is 1. The van der Waals surface area contributed by atoms with E-state index < -0.39 is 0 Å². The summed E-state index contributed by atoms with van der Waals surface area (Å²) in [6.07, 6.45) is 2.11. The Morgan fingerprint density at radius 3 is 2.69 bits per heavy atom. The van der Waals surface area contributed by atoms with Gasteiger partial charge in [-0.1, -0.05) is 0 Å². The Bertz CT molecular complexity index is 371. The number of carbonyl (C=O) groups is 1. The fourth-order valence-corrected chi connectivity index (χ4v) is 3.04. The molecule has 1 atom stereocenters. The van der Waals surface area contributed by atoms with Gasteiger partial charge in [-0.3, -0.25) is 4.79 Å². The number of phenols is 1. The third-order valence-electron chi connectivity index (χ3n) is 2.77. The lowest BCUT2D eigenvalue weighted by Crippen LogP contribution is -2.33. The van der Waals surface area contributed by atoms with Gasteiger partial charge in [0.05, 0.1) is 5.25 Å². The van der Waals surface area contributed by atoms with E-state index in [1.165, 1.54) is 0 Å². The number of aromatic hydroxyl groups is 1. The molecule has 16 heavy (non-hydrogen) atoms. The summed E-state index contributed by atoms with van der Waals surface area (Å²) in [4.78, 5) is 13.7. The van der Waals surface area contributed by atoms with E-state index in [0.717, 1.165) is 24.3 Å². The fourth-order valence-electron chi connectivity index (χ4n) is 1.79. The lowest BCUT2D eigenvalue weighted by Gasteiger charge is -2.20. The van der Waals surface area contributed by atoms with Gasteiger partial charge >= 0.3 is 0 Å². The average molecular weight is 237 g/mol. The van der Waals surface area contributed by atoms with E-state index in [2.05, 4.69) is 0 Å². The summed E-state index contributed by atoms with van der Waals surface area (Å²) in [7, 11) is 1.79. The van der Waals surface area contributed by atoms with Crippen LogP contribution in [0.3, 0.4) is 0 Å². The summed E-state index contributed by atoms with van der Waals surface area (Å²) in [5.41, 5.74) is 0.829. The van der Waals surface area contributed by atoms with Crippen LogP contribution < -0.4 is 4.90 Å². The first kappa shape index (κ1) is 11.3. The zero-order valence-corrected chi connectivity index (χ0v) is 10.0. The Morgan fingerprint density at radius 2 is 2.12 bits per heavy atom. The summed E-state index contributed by atoms with van der Waals surface area (Å²) in [6.45, 7) is 0. The molecule has 3 nitrogen and oxygen atoms in total. The van der Waals surface area contributed by atoms with Crippen molar-refractivity contribution < 1.29 is 9.90 Å². The maximum atomic E-state index is 12.1. The van der Waals surface area contributed by atoms with E-state index in [1.54, 1.807) is 48.0 Å². The Morgan fingerprint density at radius 1 is 1.44 bits per heavy atom. The van der Waals surface area contributed by atoms with Crippen LogP contribution in [0.5, 0.6) is 5.75 Å². The van der Waals surface area contributed by atoms with Crippen molar-refractivity contribution in [3.8, 4) is 5.75 Å². The first-order valence-corrected chi connectivity index (χ1v) is 6.41. The molecule has 1 aliphatic heterocycles. The van der Waals surface area contributed by atoms with Crippen molar-refractivity contribution >= 4 is 23.4 Å². The van der Waals surface area contributed by atoms with E-state index in [0.29, 0.717) is 0 Å². The number of nitrogens with zero attached hydrogens (tertiary/aromatic N) is 1. The van der Waals surface area contributed by atoms with Gasteiger partial charge in [-0.15, -0.1) is 11.8 Å². The second kappa shape index (κ2) is 4.78. The minimum absolute atomic E-state index is 0.110. The number of rotatable bonds is 2. The van der Waals surface area contributed by atoms with Crippen molar-refractivity contribution in [1.29, 1.82) is 0 Å². The molecule has 0 aromatic heterocycles. The lowest BCUT2D eigenvalue weighted by molar-refractivity contribution is -0.117. The lowest BCUT2D eigenvalue weighted by atomic mass is 10.2. The van der Waals surface area contributed by atoms with Gasteiger partial charge in [0.2, 0.25) is 5.91 Å². The molecule has 1 aromatic rings. The molecule has 0 bridgehead atoms. The van der Waals surface area contributed by atoms with Crippen LogP contribution in [-0.2, 0) is 4.79 Å². The van der Waals surface area contributed by atoms with E-state index in [9.17, 15) is 9.90 Å². The highest BCUT2D eigenvalue weighted by Gasteiger charge is 2.26. The Kier molecular flexibility index (Phi) is 3.39. The molecule has 86 valence electrons. The van der Waals surface area contributed by atoms with Crippen molar-refractivity contribution in [3.05, 3.63) is 24.3 Å². The van der Waals surface area contributed by atoms with Gasteiger partial charge in [-0.2, -0.15) is 0 Å². The highest BCUT2D eigenvalue weighted by molar-refractivity contribution is 8.00. The predicted octanol–water partition coefficient (Wildman–Crippen LogP) is 2.25. The minimum Gasteiger partial charge on any atom is -0.508 e. The number of hydrogen-bond donors (Lipinski definition) is 1. The van der Waals surface area contributed by atoms with Crippen LogP contribution in [0.15, 0.2) is 24.3 Å². The summed E-state index contributed by atoms with van der Waals surface area (Å²) in [5, 5.41) is 9.29. The molecular weight excluding hydrogens is 222 g/mol. The van der Waals surface area contributed by atoms with Gasteiger partial charge in [-0.05, 0) is 42.9 Å². The van der Waals surface area contributed by atoms with Crippen LogP contribution in [0.25, 0.3) is 0 Å². The molecular formula is C12H15NO2S. The van der Waals surface area contributed by atoms with Crippen molar-refractivity contribution in [1.82, 2.24) is 0 Å². The summed E-state index contributed by atoms with van der Waals surface area (Å²) >= 11 is 1.74. The van der Waals surface area contributed by atoms with Crippen LogP contribution in [0, 0.1) is 0 Å². The van der Waals surface area contributed by atoms with Crippen LogP contribution in [0.4, 0.5) is 5.69 Å². The smallest absolute Gasteiger partial charge is 0.239 e. The first-order valence-electron chi connectivity index (χ1n) is 5.36. The molecule has 1 heterocycles. The summed E-state index contributed by atoms with van der Waals surface area (Å²) in [5.74, 6) is 1.47. The zero-order valence-electron chi connectivity index (χ0n) is 9.22. The van der Waals surface area contributed by atoms with Crippen molar-refractivity contribution in [2.45, 2.75) is 18.1 Å². The van der Waals surface area contributed by atoms with Gasteiger partial charge in [0, 0.05) is 12.7 Å². The molecule has 0 aliphatic carbocycles. The third-order valence-corrected chi connectivity index (χ3v) is 4.14. The minimum atomic E-state index is 0.110. The topological polar surface area (TPSA) is 40.5 Å². The standard InChI is InChI=1S/C12H15NO2S/c1-13(9-4-6-10(14)7-5-9)12(15)11-3-2-8-16-11/h4-7,11,14H,2-3,8H2,1H3. The fraction of sp³-hybridized carbons (Fsp3) is 0.417. The molecule has 0 spiro atoms. The Balaban J connectivity index is 2.08. The number of phenolic OH excluding ortho intramolecular Hbond substituents is 1. The molecule has 1 aliphatic rings. The third kappa shape index (κ3) is 2.32. The number of hydrogen-bond acceptors (Lipinski definition) is 3. The number of anilines is 1. The van der Waals surface area contributed by atoms with Crippen LogP contribution in [0.2, 0.25) is 0 Å². The van der Waals surface area contributed by atoms with Gasteiger partial charge in [0.25, 0.3) is 0 Å². The Hall–Kier alpha value is -1.16. The van der Waals surface area contributed by atoms with E-state index >= 15 is 0 Å². The molecule has 1 N–H and O–H groups in total. The zero-order chi connectivity index (χ0) is 11.5. The van der Waals surface area contributed by atoms with Crippen LogP contribution >= 0.6 is 11.8 Å². The summed E-state index contributed by atoms with van der Waals surface area (Å²) in [6, 6.07) is 6.71.